The van der Waals surface area contributed by atoms with E-state index >= 15 is 0 Å². The van der Waals surface area contributed by atoms with E-state index < -0.39 is 10.0 Å². The van der Waals surface area contributed by atoms with Gasteiger partial charge < -0.3 is 10.1 Å². The van der Waals surface area contributed by atoms with Gasteiger partial charge in [-0.05, 0) is 98.5 Å². The summed E-state index contributed by atoms with van der Waals surface area (Å²) in [5, 5.41) is 2.70. The summed E-state index contributed by atoms with van der Waals surface area (Å²) >= 11 is 0. The fourth-order valence-electron chi connectivity index (χ4n) is 2.89. The van der Waals surface area contributed by atoms with Crippen molar-refractivity contribution < 1.29 is 17.9 Å². The minimum Gasteiger partial charge on any atom is -0.484 e. The molecule has 31 heavy (non-hydrogen) atoms. The number of carbonyl (C=O) groups excluding carboxylic acids is 1. The average Bonchev–Trinajstić information content (AvgIpc) is 2.72. The molecule has 0 aliphatic heterocycles. The summed E-state index contributed by atoms with van der Waals surface area (Å²) in [6.45, 7) is 7.73. The van der Waals surface area contributed by atoms with Crippen LogP contribution >= 0.6 is 0 Å². The number of sulfonamides is 1. The molecular weight excluding hydrogens is 412 g/mol. The van der Waals surface area contributed by atoms with Gasteiger partial charge in [0.05, 0.1) is 4.90 Å². The molecule has 0 aromatic heterocycles. The van der Waals surface area contributed by atoms with Crippen molar-refractivity contribution in [1.82, 2.24) is 0 Å². The van der Waals surface area contributed by atoms with E-state index in [1.165, 1.54) is 12.1 Å². The smallest absolute Gasteiger partial charge is 0.262 e. The number of anilines is 2. The van der Waals surface area contributed by atoms with Crippen molar-refractivity contribution >= 4 is 27.3 Å². The summed E-state index contributed by atoms with van der Waals surface area (Å²) in [6, 6.07) is 17.0. The second-order valence-electron chi connectivity index (χ2n) is 7.51. The van der Waals surface area contributed by atoms with E-state index in [0.717, 1.165) is 22.3 Å². The van der Waals surface area contributed by atoms with Crippen LogP contribution in [-0.2, 0) is 14.8 Å². The fraction of sp³-hybridized carbons (Fsp3) is 0.208. The Bertz CT molecular complexity index is 1200. The van der Waals surface area contributed by atoms with Gasteiger partial charge in [-0.2, -0.15) is 0 Å². The van der Waals surface area contributed by atoms with Crippen molar-refractivity contribution in [2.75, 3.05) is 16.6 Å². The van der Waals surface area contributed by atoms with Crippen LogP contribution in [0.3, 0.4) is 0 Å². The summed E-state index contributed by atoms with van der Waals surface area (Å²) in [6.07, 6.45) is 0. The largest absolute Gasteiger partial charge is 0.484 e. The maximum Gasteiger partial charge on any atom is 0.262 e. The zero-order chi connectivity index (χ0) is 22.6. The van der Waals surface area contributed by atoms with Crippen molar-refractivity contribution in [3.05, 3.63) is 82.9 Å². The van der Waals surface area contributed by atoms with E-state index in [1.807, 2.05) is 52.0 Å². The van der Waals surface area contributed by atoms with Crippen molar-refractivity contribution in [2.45, 2.75) is 32.6 Å². The maximum absolute atomic E-state index is 12.6. The molecule has 0 spiro atoms. The maximum atomic E-state index is 12.6. The van der Waals surface area contributed by atoms with Gasteiger partial charge in [0.25, 0.3) is 15.9 Å². The highest BCUT2D eigenvalue weighted by Crippen LogP contribution is 2.21. The van der Waals surface area contributed by atoms with Crippen molar-refractivity contribution in [3.8, 4) is 5.75 Å². The van der Waals surface area contributed by atoms with Crippen LogP contribution in [0.25, 0.3) is 0 Å². The number of aryl methyl sites for hydroxylation is 4. The van der Waals surface area contributed by atoms with Crippen LogP contribution in [0.2, 0.25) is 0 Å². The molecule has 162 valence electrons. The summed E-state index contributed by atoms with van der Waals surface area (Å²) < 4.78 is 33.3. The third-order valence-corrected chi connectivity index (χ3v) is 6.45. The second kappa shape index (κ2) is 9.22. The van der Waals surface area contributed by atoms with Gasteiger partial charge in [0.15, 0.2) is 6.61 Å². The lowest BCUT2D eigenvalue weighted by Crippen LogP contribution is -2.20. The number of carbonyl (C=O) groups is 1. The lowest BCUT2D eigenvalue weighted by molar-refractivity contribution is -0.118. The molecule has 1 amide bonds. The highest BCUT2D eigenvalue weighted by atomic mass is 32.2. The predicted molar refractivity (Wildman–Crippen MR) is 123 cm³/mol. The lowest BCUT2D eigenvalue weighted by Gasteiger charge is -2.11. The van der Waals surface area contributed by atoms with Crippen LogP contribution in [0.1, 0.15) is 22.3 Å². The number of hydrogen-bond donors (Lipinski definition) is 2. The molecule has 0 fully saturated rings. The summed E-state index contributed by atoms with van der Waals surface area (Å²) in [5.74, 6) is 0.291. The number of benzene rings is 3. The number of nitrogens with one attached hydrogen (secondary N) is 2. The third kappa shape index (κ3) is 5.86. The highest BCUT2D eigenvalue weighted by molar-refractivity contribution is 7.92. The Hall–Kier alpha value is -3.32. The zero-order valence-corrected chi connectivity index (χ0v) is 18.8. The zero-order valence-electron chi connectivity index (χ0n) is 18.0. The van der Waals surface area contributed by atoms with Crippen molar-refractivity contribution in [1.29, 1.82) is 0 Å². The van der Waals surface area contributed by atoms with Crippen LogP contribution in [0.5, 0.6) is 5.75 Å². The topological polar surface area (TPSA) is 84.5 Å². The molecule has 0 radical (unpaired) electrons. The van der Waals surface area contributed by atoms with Gasteiger partial charge in [-0.1, -0.05) is 12.1 Å². The second-order valence-corrected chi connectivity index (χ2v) is 9.19. The molecule has 0 atom stereocenters. The molecule has 0 bridgehead atoms. The number of rotatable bonds is 7. The Morgan fingerprint density at radius 3 is 1.97 bits per heavy atom. The molecule has 0 aliphatic rings. The van der Waals surface area contributed by atoms with Gasteiger partial charge in [0, 0.05) is 11.4 Å². The van der Waals surface area contributed by atoms with E-state index in [-0.39, 0.29) is 17.4 Å². The first-order chi connectivity index (χ1) is 14.6. The van der Waals surface area contributed by atoms with Gasteiger partial charge in [0.2, 0.25) is 0 Å². The van der Waals surface area contributed by atoms with E-state index in [9.17, 15) is 13.2 Å². The van der Waals surface area contributed by atoms with Crippen molar-refractivity contribution in [3.63, 3.8) is 0 Å². The van der Waals surface area contributed by atoms with Crippen LogP contribution in [0, 0.1) is 27.7 Å². The SMILES string of the molecule is Cc1ccc(NS(=O)(=O)c2ccc(NC(=O)COc3ccc(C)c(C)c3)cc2)cc1C. The van der Waals surface area contributed by atoms with Crippen LogP contribution in [0.15, 0.2) is 65.6 Å². The van der Waals surface area contributed by atoms with E-state index in [1.54, 1.807) is 24.3 Å². The molecule has 0 heterocycles. The van der Waals surface area contributed by atoms with Crippen LogP contribution < -0.4 is 14.8 Å². The number of ether oxygens (including phenoxy) is 1. The number of hydrogen-bond acceptors (Lipinski definition) is 4. The Kier molecular flexibility index (Phi) is 6.65. The molecule has 6 nitrogen and oxygen atoms in total. The van der Waals surface area contributed by atoms with Gasteiger partial charge in [0.1, 0.15) is 5.75 Å². The molecule has 3 rings (SSSR count). The quantitative estimate of drug-likeness (QED) is 0.558. The summed E-state index contributed by atoms with van der Waals surface area (Å²) in [5.41, 5.74) is 5.32. The molecule has 0 saturated heterocycles. The molecule has 0 unspecified atom stereocenters. The van der Waals surface area contributed by atoms with Gasteiger partial charge in [-0.15, -0.1) is 0 Å². The Morgan fingerprint density at radius 1 is 0.774 bits per heavy atom. The monoisotopic (exact) mass is 438 g/mol. The summed E-state index contributed by atoms with van der Waals surface area (Å²) in [7, 11) is -3.73. The highest BCUT2D eigenvalue weighted by Gasteiger charge is 2.15. The molecular formula is C24H26N2O4S. The first-order valence-corrected chi connectivity index (χ1v) is 11.3. The Labute approximate surface area is 183 Å². The van der Waals surface area contributed by atoms with Gasteiger partial charge in [-0.25, -0.2) is 8.42 Å². The Balaban J connectivity index is 1.60. The third-order valence-electron chi connectivity index (χ3n) is 5.06. The lowest BCUT2D eigenvalue weighted by atomic mass is 10.1. The van der Waals surface area contributed by atoms with Crippen LogP contribution in [-0.4, -0.2) is 20.9 Å². The predicted octanol–water partition coefficient (Wildman–Crippen LogP) is 4.74. The van der Waals surface area contributed by atoms with Gasteiger partial charge >= 0.3 is 0 Å². The molecule has 2 N–H and O–H groups in total. The Morgan fingerprint density at radius 2 is 1.35 bits per heavy atom. The van der Waals surface area contributed by atoms with Crippen LogP contribution in [0.4, 0.5) is 11.4 Å². The normalized spacial score (nSPS) is 11.1. The average molecular weight is 439 g/mol. The first kappa shape index (κ1) is 22.4. The molecule has 0 saturated carbocycles. The fourth-order valence-corrected chi connectivity index (χ4v) is 3.94. The molecule has 7 heteroatoms. The minimum atomic E-state index is -3.73. The van der Waals surface area contributed by atoms with E-state index in [0.29, 0.717) is 17.1 Å². The first-order valence-electron chi connectivity index (χ1n) is 9.84. The van der Waals surface area contributed by atoms with Gasteiger partial charge in [-0.3, -0.25) is 9.52 Å². The van der Waals surface area contributed by atoms with Crippen molar-refractivity contribution in [2.24, 2.45) is 0 Å². The number of amides is 1. The van der Waals surface area contributed by atoms with E-state index in [4.69, 9.17) is 4.74 Å². The summed E-state index contributed by atoms with van der Waals surface area (Å²) in [4.78, 5) is 12.3. The molecule has 3 aromatic carbocycles. The molecule has 0 aliphatic carbocycles. The minimum absolute atomic E-state index is 0.107. The van der Waals surface area contributed by atoms with E-state index in [2.05, 4.69) is 10.0 Å². The molecule has 3 aromatic rings. The standard InChI is InChI=1S/C24H26N2O4S/c1-16-5-7-21(13-18(16)3)26-31(28,29)23-11-8-20(9-12-23)25-24(27)15-30-22-10-6-17(2)19(4)14-22/h5-14,26H,15H2,1-4H3,(H,25,27).